The third kappa shape index (κ3) is 4.03. The maximum Gasteiger partial charge on any atom is 0.270 e. The van der Waals surface area contributed by atoms with Crippen LogP contribution in [0.15, 0.2) is 30.5 Å². The number of amides is 1. The summed E-state index contributed by atoms with van der Waals surface area (Å²) in [4.78, 5) is 26.5. The predicted octanol–water partition coefficient (Wildman–Crippen LogP) is 3.87. The lowest BCUT2D eigenvalue weighted by molar-refractivity contribution is 0.0782. The van der Waals surface area contributed by atoms with E-state index >= 15 is 0 Å². The minimum atomic E-state index is -1.09. The van der Waals surface area contributed by atoms with E-state index in [0.717, 1.165) is 24.7 Å². The molecule has 7 nitrogen and oxygen atoms in total. The molecule has 1 saturated heterocycles. The lowest BCUT2D eigenvalue weighted by atomic mass is 9.80. The van der Waals surface area contributed by atoms with Crippen molar-refractivity contribution in [1.29, 1.82) is 0 Å². The van der Waals surface area contributed by atoms with Gasteiger partial charge in [-0.3, -0.25) is 4.79 Å². The van der Waals surface area contributed by atoms with Gasteiger partial charge in [0.05, 0.1) is 11.3 Å². The Morgan fingerprint density at radius 1 is 1.17 bits per heavy atom. The van der Waals surface area contributed by atoms with Crippen LogP contribution in [0.2, 0.25) is 0 Å². The number of nitrogens with one attached hydrogen (secondary N) is 1. The second-order valence-corrected chi connectivity index (χ2v) is 12.1. The number of anilines is 2. The summed E-state index contributed by atoms with van der Waals surface area (Å²) < 4.78 is 14.9. The number of hydrogen-bond donors (Lipinski definition) is 2. The number of aromatic nitrogens is 2. The lowest BCUT2D eigenvalue weighted by Gasteiger charge is -2.41. The topological polar surface area (TPSA) is 81.6 Å². The zero-order valence-corrected chi connectivity index (χ0v) is 21.4. The van der Waals surface area contributed by atoms with Crippen LogP contribution in [-0.4, -0.2) is 52.2 Å². The number of carbonyl (C=O) groups is 1. The van der Waals surface area contributed by atoms with Gasteiger partial charge in [0.2, 0.25) is 5.95 Å². The smallest absolute Gasteiger partial charge is 0.270 e. The number of piperazine rings is 1. The zero-order chi connectivity index (χ0) is 25.2. The molecule has 1 aliphatic heterocycles. The van der Waals surface area contributed by atoms with Crippen molar-refractivity contribution in [3.05, 3.63) is 47.5 Å². The fourth-order valence-corrected chi connectivity index (χ4v) is 7.52. The van der Waals surface area contributed by atoms with Crippen molar-refractivity contribution < 1.29 is 14.3 Å². The second-order valence-electron chi connectivity index (χ2n) is 12.1. The van der Waals surface area contributed by atoms with E-state index in [-0.39, 0.29) is 23.3 Å². The Balaban J connectivity index is 1.14. The molecule has 8 heteroatoms. The van der Waals surface area contributed by atoms with Gasteiger partial charge in [-0.1, -0.05) is 6.07 Å². The van der Waals surface area contributed by atoms with Gasteiger partial charge in [-0.2, -0.15) is 0 Å². The van der Waals surface area contributed by atoms with Gasteiger partial charge in [-0.15, -0.1) is 0 Å². The third-order valence-electron chi connectivity index (χ3n) is 9.11. The highest BCUT2D eigenvalue weighted by Crippen LogP contribution is 2.60. The van der Waals surface area contributed by atoms with Crippen LogP contribution in [0.3, 0.4) is 0 Å². The first-order chi connectivity index (χ1) is 17.1. The lowest BCUT2D eigenvalue weighted by Crippen LogP contribution is -2.53. The fourth-order valence-electron chi connectivity index (χ4n) is 7.52. The van der Waals surface area contributed by atoms with Crippen molar-refractivity contribution >= 4 is 17.5 Å². The predicted molar refractivity (Wildman–Crippen MR) is 136 cm³/mol. The van der Waals surface area contributed by atoms with Crippen LogP contribution in [0.4, 0.5) is 16.0 Å². The summed E-state index contributed by atoms with van der Waals surface area (Å²) in [6, 6.07) is 6.68. The van der Waals surface area contributed by atoms with Crippen LogP contribution in [0.25, 0.3) is 0 Å². The van der Waals surface area contributed by atoms with E-state index in [4.69, 9.17) is 0 Å². The van der Waals surface area contributed by atoms with E-state index in [1.54, 1.807) is 38.2 Å². The highest BCUT2D eigenvalue weighted by molar-refractivity contribution is 5.93. The SMILES string of the molecule is CC1CN(c2ccc(C(C)(C)O)cc2F)CCN1c1nccc(C(=O)NC23C[C@@H]4CC2C[C@@H](C4)C3)n1. The minimum absolute atomic E-state index is 0.0282. The molecule has 1 aromatic heterocycles. The number of hydrogen-bond acceptors (Lipinski definition) is 6. The standard InChI is InChI=1S/C28H36FN5O2/c1-17-16-33(24-5-4-20(13-22(24)29)27(2,3)36)8-9-34(17)26-30-7-6-23(31-26)25(35)32-28-14-18-10-19(15-28)12-21(28)11-18/h4-7,13,17-19,21,36H,8-12,14-16H2,1-3H3,(H,32,35)/t17?,18-,19+,21?,28?. The summed E-state index contributed by atoms with van der Waals surface area (Å²) in [5.74, 6) is 2.29. The Bertz CT molecular complexity index is 1170. The van der Waals surface area contributed by atoms with Gasteiger partial charge >= 0.3 is 0 Å². The van der Waals surface area contributed by atoms with Gasteiger partial charge in [0.1, 0.15) is 11.5 Å². The quantitative estimate of drug-likeness (QED) is 0.658. The van der Waals surface area contributed by atoms with Crippen LogP contribution in [0.1, 0.15) is 68.9 Å². The zero-order valence-electron chi connectivity index (χ0n) is 21.4. The molecule has 1 aromatic carbocycles. The van der Waals surface area contributed by atoms with Gasteiger partial charge < -0.3 is 20.2 Å². The molecule has 2 N–H and O–H groups in total. The Hall–Kier alpha value is -2.74. The molecule has 5 aliphatic rings. The van der Waals surface area contributed by atoms with Crippen molar-refractivity contribution in [1.82, 2.24) is 15.3 Å². The van der Waals surface area contributed by atoms with Crippen LogP contribution < -0.4 is 15.1 Å². The Morgan fingerprint density at radius 3 is 2.58 bits per heavy atom. The van der Waals surface area contributed by atoms with E-state index < -0.39 is 5.60 Å². The number of rotatable bonds is 5. The molecule has 0 radical (unpaired) electrons. The molecule has 1 amide bonds. The largest absolute Gasteiger partial charge is 0.386 e. The molecule has 2 aromatic rings. The summed E-state index contributed by atoms with van der Waals surface area (Å²) in [5.41, 5.74) is 0.389. The monoisotopic (exact) mass is 493 g/mol. The van der Waals surface area contributed by atoms with Gasteiger partial charge in [-0.05, 0) is 94.4 Å². The maximum absolute atomic E-state index is 14.9. The second kappa shape index (κ2) is 8.40. The summed E-state index contributed by atoms with van der Waals surface area (Å²) in [6.45, 7) is 7.20. The number of aliphatic hydroxyl groups is 1. The molecule has 0 spiro atoms. The van der Waals surface area contributed by atoms with Gasteiger partial charge in [-0.25, -0.2) is 14.4 Å². The third-order valence-corrected chi connectivity index (χ3v) is 9.11. The molecule has 3 unspecified atom stereocenters. The molecule has 7 rings (SSSR count). The van der Waals surface area contributed by atoms with E-state index in [1.165, 1.54) is 25.3 Å². The summed E-state index contributed by atoms with van der Waals surface area (Å²) >= 11 is 0. The number of nitrogens with zero attached hydrogens (tertiary/aromatic N) is 4. The molecule has 4 aliphatic carbocycles. The van der Waals surface area contributed by atoms with Crippen LogP contribution in [0.5, 0.6) is 0 Å². The maximum atomic E-state index is 14.9. The van der Waals surface area contributed by atoms with Crippen LogP contribution >= 0.6 is 0 Å². The first-order valence-electron chi connectivity index (χ1n) is 13.3. The van der Waals surface area contributed by atoms with E-state index in [9.17, 15) is 14.3 Å². The first kappa shape index (κ1) is 23.6. The van der Waals surface area contributed by atoms with Gasteiger partial charge in [0.15, 0.2) is 0 Å². The van der Waals surface area contributed by atoms with Crippen molar-refractivity contribution in [3.8, 4) is 0 Å². The molecule has 5 fully saturated rings. The van der Waals surface area contributed by atoms with Crippen molar-refractivity contribution in [2.75, 3.05) is 29.4 Å². The summed E-state index contributed by atoms with van der Waals surface area (Å²) in [6.07, 6.45) is 7.75. The van der Waals surface area contributed by atoms with Gasteiger partial charge in [0.25, 0.3) is 5.91 Å². The Morgan fingerprint density at radius 2 is 1.92 bits per heavy atom. The molecular formula is C28H36FN5O2. The molecule has 4 bridgehead atoms. The molecule has 4 saturated carbocycles. The molecular weight excluding hydrogens is 457 g/mol. The summed E-state index contributed by atoms with van der Waals surface area (Å²) in [5, 5.41) is 13.6. The minimum Gasteiger partial charge on any atom is -0.386 e. The van der Waals surface area contributed by atoms with Crippen LogP contribution in [-0.2, 0) is 5.60 Å². The number of halogens is 1. The average molecular weight is 494 g/mol. The highest BCUT2D eigenvalue weighted by Gasteiger charge is 2.58. The normalized spacial score (nSPS) is 31.2. The average Bonchev–Trinajstić information content (AvgIpc) is 3.20. The first-order valence-corrected chi connectivity index (χ1v) is 13.3. The molecule has 5 atom stereocenters. The fraction of sp³-hybridized carbons (Fsp3) is 0.607. The van der Waals surface area contributed by atoms with Crippen molar-refractivity contribution in [3.63, 3.8) is 0 Å². The molecule has 36 heavy (non-hydrogen) atoms. The van der Waals surface area contributed by atoms with Crippen molar-refractivity contribution in [2.24, 2.45) is 17.8 Å². The Labute approximate surface area is 212 Å². The van der Waals surface area contributed by atoms with Gasteiger partial charge in [0, 0.05) is 37.4 Å². The molecule has 192 valence electrons. The van der Waals surface area contributed by atoms with Crippen molar-refractivity contribution in [2.45, 2.75) is 70.1 Å². The van der Waals surface area contributed by atoms with E-state index in [1.807, 2.05) is 4.90 Å². The molecule has 2 heterocycles. The number of benzene rings is 1. The summed E-state index contributed by atoms with van der Waals surface area (Å²) in [7, 11) is 0. The Kier molecular flexibility index (Phi) is 5.52. The van der Waals surface area contributed by atoms with E-state index in [2.05, 4.69) is 27.1 Å². The van der Waals surface area contributed by atoms with Crippen LogP contribution in [0, 0.1) is 23.6 Å². The number of carbonyl (C=O) groups excluding carboxylic acids is 1. The van der Waals surface area contributed by atoms with E-state index in [0.29, 0.717) is 48.4 Å². The highest BCUT2D eigenvalue weighted by atomic mass is 19.1.